The molecular weight excluding hydrogens is 378 g/mol. The molecule has 0 spiro atoms. The number of piperazine rings is 1. The van der Waals surface area contributed by atoms with E-state index in [9.17, 15) is 8.42 Å². The van der Waals surface area contributed by atoms with Gasteiger partial charge in [0.2, 0.25) is 10.0 Å². The average Bonchev–Trinajstić information content (AvgIpc) is 3.21. The zero-order valence-electron chi connectivity index (χ0n) is 15.9. The molecule has 1 N–H and O–H groups in total. The smallest absolute Gasteiger partial charge is 0.243 e. The first-order valence-corrected chi connectivity index (χ1v) is 10.5. The lowest BCUT2D eigenvalue weighted by atomic mass is 10.2. The van der Waals surface area contributed by atoms with Crippen molar-refractivity contribution in [3.8, 4) is 11.5 Å². The Bertz CT molecular complexity index is 1090. The van der Waals surface area contributed by atoms with Gasteiger partial charge >= 0.3 is 0 Å². The Labute approximate surface area is 164 Å². The van der Waals surface area contributed by atoms with Crippen LogP contribution in [0.1, 0.15) is 0 Å². The molecule has 1 saturated heterocycles. The summed E-state index contributed by atoms with van der Waals surface area (Å²) < 4.78 is 38.1. The van der Waals surface area contributed by atoms with Gasteiger partial charge in [0.1, 0.15) is 0 Å². The molecule has 148 valence electrons. The number of nitrogens with one attached hydrogen (secondary N) is 1. The van der Waals surface area contributed by atoms with Gasteiger partial charge in [-0.3, -0.25) is 0 Å². The van der Waals surface area contributed by atoms with E-state index in [0.29, 0.717) is 37.7 Å². The van der Waals surface area contributed by atoms with Crippen molar-refractivity contribution in [3.05, 3.63) is 48.7 Å². The summed E-state index contributed by atoms with van der Waals surface area (Å²) >= 11 is 0. The van der Waals surface area contributed by atoms with Crippen LogP contribution in [-0.4, -0.2) is 58.1 Å². The molecule has 0 saturated carbocycles. The molecule has 8 heteroatoms. The maximum atomic E-state index is 13.0. The third kappa shape index (κ3) is 3.29. The standard InChI is InChI=1S/C20H23N3O4S/c1-26-19-6-4-17(14-20(19)27-2)28(24,25)23-11-9-22(10-12-23)16-3-5-18-15(13-16)7-8-21-18/h3-8,13-14,21H,9-12H2,1-2H3. The zero-order valence-corrected chi connectivity index (χ0v) is 16.7. The molecule has 0 radical (unpaired) electrons. The number of sulfonamides is 1. The summed E-state index contributed by atoms with van der Waals surface area (Å²) in [5.74, 6) is 0.911. The van der Waals surface area contributed by atoms with Gasteiger partial charge in [-0.05, 0) is 36.4 Å². The molecule has 4 rings (SSSR count). The van der Waals surface area contributed by atoms with Crippen LogP contribution in [0.15, 0.2) is 53.6 Å². The topological polar surface area (TPSA) is 74.9 Å². The van der Waals surface area contributed by atoms with Gasteiger partial charge in [0, 0.05) is 55.0 Å². The van der Waals surface area contributed by atoms with E-state index in [-0.39, 0.29) is 4.90 Å². The second-order valence-corrected chi connectivity index (χ2v) is 8.60. The minimum absolute atomic E-state index is 0.215. The number of fused-ring (bicyclic) bond motifs is 1. The molecule has 1 fully saturated rings. The van der Waals surface area contributed by atoms with E-state index in [1.165, 1.54) is 24.6 Å². The second-order valence-electron chi connectivity index (χ2n) is 6.66. The van der Waals surface area contributed by atoms with Crippen molar-refractivity contribution in [2.24, 2.45) is 0 Å². The Balaban J connectivity index is 1.50. The van der Waals surface area contributed by atoms with Gasteiger partial charge in [-0.25, -0.2) is 8.42 Å². The van der Waals surface area contributed by atoms with Crippen molar-refractivity contribution in [2.75, 3.05) is 45.3 Å². The number of H-pyrrole nitrogens is 1. The maximum Gasteiger partial charge on any atom is 0.243 e. The number of methoxy groups -OCH3 is 2. The van der Waals surface area contributed by atoms with Crippen LogP contribution in [0, 0.1) is 0 Å². The Morgan fingerprint density at radius 3 is 2.36 bits per heavy atom. The summed E-state index contributed by atoms with van der Waals surface area (Å²) in [6.45, 7) is 2.15. The summed E-state index contributed by atoms with van der Waals surface area (Å²) in [6.07, 6.45) is 1.92. The summed E-state index contributed by atoms with van der Waals surface area (Å²) in [5.41, 5.74) is 2.20. The number of nitrogens with zero attached hydrogens (tertiary/aromatic N) is 2. The molecule has 1 aromatic heterocycles. The van der Waals surface area contributed by atoms with Crippen LogP contribution >= 0.6 is 0 Å². The predicted molar refractivity (Wildman–Crippen MR) is 109 cm³/mol. The molecular formula is C20H23N3O4S. The second kappa shape index (κ2) is 7.37. The molecule has 2 heterocycles. The predicted octanol–water partition coefficient (Wildman–Crippen LogP) is 2.70. The van der Waals surface area contributed by atoms with E-state index in [0.717, 1.165) is 16.6 Å². The number of ether oxygens (including phenoxy) is 2. The van der Waals surface area contributed by atoms with Crippen LogP contribution in [0.5, 0.6) is 11.5 Å². The van der Waals surface area contributed by atoms with Crippen LogP contribution in [0.25, 0.3) is 10.9 Å². The summed E-state index contributed by atoms with van der Waals surface area (Å²) in [6, 6.07) is 13.0. The van der Waals surface area contributed by atoms with Gasteiger partial charge in [-0.2, -0.15) is 4.31 Å². The molecule has 0 unspecified atom stereocenters. The van der Waals surface area contributed by atoms with E-state index >= 15 is 0 Å². The number of hydrogen-bond donors (Lipinski definition) is 1. The van der Waals surface area contributed by atoms with Crippen molar-refractivity contribution in [1.29, 1.82) is 0 Å². The molecule has 0 bridgehead atoms. The minimum Gasteiger partial charge on any atom is -0.493 e. The highest BCUT2D eigenvalue weighted by atomic mass is 32.2. The molecule has 0 amide bonds. The third-order valence-corrected chi connectivity index (χ3v) is 7.03. The number of anilines is 1. The first kappa shape index (κ1) is 18.6. The van der Waals surface area contributed by atoms with Gasteiger partial charge in [0.05, 0.1) is 19.1 Å². The highest BCUT2D eigenvalue weighted by Gasteiger charge is 2.29. The van der Waals surface area contributed by atoms with Crippen molar-refractivity contribution in [1.82, 2.24) is 9.29 Å². The molecule has 0 aliphatic carbocycles. The fourth-order valence-electron chi connectivity index (χ4n) is 3.55. The van der Waals surface area contributed by atoms with Crippen LogP contribution < -0.4 is 14.4 Å². The maximum absolute atomic E-state index is 13.0. The van der Waals surface area contributed by atoms with E-state index in [4.69, 9.17) is 9.47 Å². The normalized spacial score (nSPS) is 15.7. The molecule has 7 nitrogen and oxygen atoms in total. The highest BCUT2D eigenvalue weighted by Crippen LogP contribution is 2.31. The number of aromatic nitrogens is 1. The Hall–Kier alpha value is -2.71. The number of aromatic amines is 1. The monoisotopic (exact) mass is 401 g/mol. The fourth-order valence-corrected chi connectivity index (χ4v) is 4.99. The number of rotatable bonds is 5. The van der Waals surface area contributed by atoms with Crippen LogP contribution in [0.3, 0.4) is 0 Å². The molecule has 28 heavy (non-hydrogen) atoms. The minimum atomic E-state index is -3.58. The summed E-state index contributed by atoms with van der Waals surface area (Å²) in [7, 11) is -0.567. The van der Waals surface area contributed by atoms with Crippen molar-refractivity contribution in [2.45, 2.75) is 4.90 Å². The van der Waals surface area contributed by atoms with E-state index in [1.54, 1.807) is 12.1 Å². The molecule has 2 aromatic carbocycles. The largest absolute Gasteiger partial charge is 0.493 e. The van der Waals surface area contributed by atoms with Crippen molar-refractivity contribution in [3.63, 3.8) is 0 Å². The van der Waals surface area contributed by atoms with Crippen molar-refractivity contribution >= 4 is 26.6 Å². The van der Waals surface area contributed by atoms with E-state index < -0.39 is 10.0 Å². The van der Waals surface area contributed by atoms with Crippen LogP contribution in [-0.2, 0) is 10.0 Å². The van der Waals surface area contributed by atoms with Gasteiger partial charge < -0.3 is 19.4 Å². The molecule has 1 aliphatic heterocycles. The lowest BCUT2D eigenvalue weighted by molar-refractivity contribution is 0.353. The molecule has 1 aliphatic rings. The summed E-state index contributed by atoms with van der Waals surface area (Å²) in [5, 5.41) is 1.15. The SMILES string of the molecule is COc1ccc(S(=O)(=O)N2CCN(c3ccc4[nH]ccc4c3)CC2)cc1OC. The molecule has 3 aromatic rings. The first-order chi connectivity index (χ1) is 13.5. The fraction of sp³-hybridized carbons (Fsp3) is 0.300. The van der Waals surface area contributed by atoms with Crippen LogP contribution in [0.2, 0.25) is 0 Å². The Morgan fingerprint density at radius 2 is 1.64 bits per heavy atom. The first-order valence-electron chi connectivity index (χ1n) is 9.07. The van der Waals surface area contributed by atoms with E-state index in [2.05, 4.69) is 28.1 Å². The lowest BCUT2D eigenvalue weighted by Gasteiger charge is -2.35. The molecule has 0 atom stereocenters. The van der Waals surface area contributed by atoms with Gasteiger partial charge in [0.15, 0.2) is 11.5 Å². The highest BCUT2D eigenvalue weighted by molar-refractivity contribution is 7.89. The Morgan fingerprint density at radius 1 is 0.893 bits per heavy atom. The lowest BCUT2D eigenvalue weighted by Crippen LogP contribution is -2.48. The average molecular weight is 401 g/mol. The van der Waals surface area contributed by atoms with Crippen LogP contribution in [0.4, 0.5) is 5.69 Å². The van der Waals surface area contributed by atoms with Gasteiger partial charge in [0.25, 0.3) is 0 Å². The number of benzene rings is 2. The zero-order chi connectivity index (χ0) is 19.7. The number of hydrogen-bond acceptors (Lipinski definition) is 5. The van der Waals surface area contributed by atoms with Gasteiger partial charge in [-0.1, -0.05) is 0 Å². The van der Waals surface area contributed by atoms with E-state index in [1.807, 2.05) is 12.3 Å². The van der Waals surface area contributed by atoms with Crippen molar-refractivity contribution < 1.29 is 17.9 Å². The van der Waals surface area contributed by atoms with Gasteiger partial charge in [-0.15, -0.1) is 0 Å². The third-order valence-electron chi connectivity index (χ3n) is 5.13. The quantitative estimate of drug-likeness (QED) is 0.712. The summed E-state index contributed by atoms with van der Waals surface area (Å²) in [4.78, 5) is 5.62. The Kier molecular flexibility index (Phi) is 4.91.